The molecule has 0 radical (unpaired) electrons. The lowest BCUT2D eigenvalue weighted by molar-refractivity contribution is 0.0939. The molecule has 1 fully saturated rings. The second-order valence-electron chi connectivity index (χ2n) is 10.8. The van der Waals surface area contributed by atoms with Crippen LogP contribution in [0.2, 0.25) is 0 Å². The Morgan fingerprint density at radius 3 is 2.67 bits per heavy atom. The number of fused-ring (bicyclic) bond motifs is 2. The van der Waals surface area contributed by atoms with Crippen LogP contribution >= 0.6 is 0 Å². The third-order valence-corrected chi connectivity index (χ3v) is 7.87. The van der Waals surface area contributed by atoms with Gasteiger partial charge in [0.2, 0.25) is 0 Å². The number of carbonyl (C=O) groups is 2. The number of benzene rings is 3. The Labute approximate surface area is 242 Å². The van der Waals surface area contributed by atoms with Crippen molar-refractivity contribution in [3.8, 4) is 22.4 Å². The van der Waals surface area contributed by atoms with Crippen molar-refractivity contribution >= 4 is 34.1 Å². The van der Waals surface area contributed by atoms with Gasteiger partial charge in [0.05, 0.1) is 28.2 Å². The standard InChI is InChI=1S/C34H28FN5O2/c1-19-25(16-22(17-26(19)35)33(41)38-23-10-11-23)20-5-2-6-21(15-20)30-18-31(32-29(40-30)12-14-37-34(32)42)39-28-9-3-8-27-24(28)7-4-13-36-27/h2-9,13,15-18,23H,10-12,14H2,1H3,(H,37,42)(H,38,41)(H,39,40). The molecule has 0 bridgehead atoms. The predicted molar refractivity (Wildman–Crippen MR) is 161 cm³/mol. The summed E-state index contributed by atoms with van der Waals surface area (Å²) >= 11 is 0. The smallest absolute Gasteiger partial charge is 0.255 e. The van der Waals surface area contributed by atoms with Gasteiger partial charge in [0.15, 0.2) is 0 Å². The summed E-state index contributed by atoms with van der Waals surface area (Å²) in [4.78, 5) is 35.1. The van der Waals surface area contributed by atoms with Gasteiger partial charge in [-0.25, -0.2) is 4.39 Å². The highest BCUT2D eigenvalue weighted by Gasteiger charge is 2.26. The first-order valence-corrected chi connectivity index (χ1v) is 14.1. The number of nitrogens with zero attached hydrogens (tertiary/aromatic N) is 2. The van der Waals surface area contributed by atoms with Crippen molar-refractivity contribution in [2.45, 2.75) is 32.2 Å². The summed E-state index contributed by atoms with van der Waals surface area (Å²) in [6, 6.07) is 22.5. The molecular weight excluding hydrogens is 529 g/mol. The van der Waals surface area contributed by atoms with Crippen LogP contribution in [0, 0.1) is 12.7 Å². The van der Waals surface area contributed by atoms with E-state index in [0.29, 0.717) is 52.3 Å². The molecule has 0 atom stereocenters. The van der Waals surface area contributed by atoms with E-state index >= 15 is 4.39 Å². The van der Waals surface area contributed by atoms with Gasteiger partial charge < -0.3 is 16.0 Å². The maximum Gasteiger partial charge on any atom is 0.255 e. The second kappa shape index (κ2) is 10.4. The minimum Gasteiger partial charge on any atom is -0.354 e. The van der Waals surface area contributed by atoms with Crippen LogP contribution in [-0.2, 0) is 6.42 Å². The molecule has 2 aromatic heterocycles. The Kier molecular flexibility index (Phi) is 6.38. The summed E-state index contributed by atoms with van der Waals surface area (Å²) in [6.45, 7) is 2.23. The summed E-state index contributed by atoms with van der Waals surface area (Å²) in [5, 5.41) is 10.3. The molecule has 42 heavy (non-hydrogen) atoms. The van der Waals surface area contributed by atoms with Gasteiger partial charge in [-0.1, -0.05) is 24.3 Å². The molecule has 8 heteroatoms. The van der Waals surface area contributed by atoms with Crippen LogP contribution in [0.25, 0.3) is 33.3 Å². The first-order valence-electron chi connectivity index (χ1n) is 14.1. The van der Waals surface area contributed by atoms with E-state index in [-0.39, 0.29) is 17.9 Å². The number of hydrogen-bond acceptors (Lipinski definition) is 5. The average Bonchev–Trinajstić information content (AvgIpc) is 3.82. The summed E-state index contributed by atoms with van der Waals surface area (Å²) in [5.74, 6) is -0.854. The minimum absolute atomic E-state index is 0.169. The number of carbonyl (C=O) groups excluding carboxylic acids is 2. The summed E-state index contributed by atoms with van der Waals surface area (Å²) in [5.41, 5.74) is 7.26. The molecule has 208 valence electrons. The monoisotopic (exact) mass is 557 g/mol. The molecule has 5 aromatic rings. The van der Waals surface area contributed by atoms with Crippen molar-refractivity contribution in [1.82, 2.24) is 20.6 Å². The molecular formula is C34H28FN5O2. The predicted octanol–water partition coefficient (Wildman–Crippen LogP) is 6.33. The van der Waals surface area contributed by atoms with Crippen LogP contribution in [0.1, 0.15) is 44.8 Å². The lowest BCUT2D eigenvalue weighted by Crippen LogP contribution is -2.33. The molecule has 1 saturated carbocycles. The first kappa shape index (κ1) is 25.8. The Morgan fingerprint density at radius 2 is 1.81 bits per heavy atom. The first-order chi connectivity index (χ1) is 20.4. The Balaban J connectivity index is 1.31. The van der Waals surface area contributed by atoms with Crippen LogP contribution in [0.3, 0.4) is 0 Å². The van der Waals surface area contributed by atoms with E-state index in [1.165, 1.54) is 6.07 Å². The molecule has 3 aromatic carbocycles. The highest BCUT2D eigenvalue weighted by atomic mass is 19.1. The molecule has 1 aliphatic carbocycles. The van der Waals surface area contributed by atoms with Crippen molar-refractivity contribution in [2.75, 3.05) is 11.9 Å². The summed E-state index contributed by atoms with van der Waals surface area (Å²) in [7, 11) is 0. The van der Waals surface area contributed by atoms with E-state index in [4.69, 9.17) is 4.98 Å². The zero-order valence-electron chi connectivity index (χ0n) is 23.0. The molecule has 3 heterocycles. The van der Waals surface area contributed by atoms with E-state index in [0.717, 1.165) is 40.6 Å². The number of halogens is 1. The van der Waals surface area contributed by atoms with Crippen molar-refractivity contribution in [1.29, 1.82) is 0 Å². The summed E-state index contributed by atoms with van der Waals surface area (Å²) < 4.78 is 15.0. The van der Waals surface area contributed by atoms with Crippen molar-refractivity contribution in [3.05, 3.63) is 107 Å². The van der Waals surface area contributed by atoms with Gasteiger partial charge >= 0.3 is 0 Å². The molecule has 7 nitrogen and oxygen atoms in total. The van der Waals surface area contributed by atoms with Crippen molar-refractivity contribution < 1.29 is 14.0 Å². The lowest BCUT2D eigenvalue weighted by atomic mass is 9.94. The Hall–Kier alpha value is -5.11. The van der Waals surface area contributed by atoms with Crippen molar-refractivity contribution in [2.24, 2.45) is 0 Å². The van der Waals surface area contributed by atoms with Gasteiger partial charge in [-0.15, -0.1) is 0 Å². The number of amides is 2. The van der Waals surface area contributed by atoms with Gasteiger partial charge in [0.1, 0.15) is 5.82 Å². The lowest BCUT2D eigenvalue weighted by Gasteiger charge is -2.22. The van der Waals surface area contributed by atoms with E-state index < -0.39 is 5.82 Å². The topological polar surface area (TPSA) is 96.0 Å². The maximum absolute atomic E-state index is 15.0. The van der Waals surface area contributed by atoms with Crippen LogP contribution in [0.5, 0.6) is 0 Å². The highest BCUT2D eigenvalue weighted by Crippen LogP contribution is 2.35. The zero-order chi connectivity index (χ0) is 28.8. The third-order valence-electron chi connectivity index (χ3n) is 7.87. The third kappa shape index (κ3) is 4.85. The van der Waals surface area contributed by atoms with Crippen LogP contribution in [0.4, 0.5) is 15.8 Å². The zero-order valence-corrected chi connectivity index (χ0v) is 23.0. The molecule has 3 N–H and O–H groups in total. The van der Waals surface area contributed by atoms with Gasteiger partial charge in [-0.2, -0.15) is 0 Å². The average molecular weight is 558 g/mol. The highest BCUT2D eigenvalue weighted by molar-refractivity contribution is 6.04. The summed E-state index contributed by atoms with van der Waals surface area (Å²) in [6.07, 6.45) is 4.27. The second-order valence-corrected chi connectivity index (χ2v) is 10.8. The fraction of sp³-hybridized carbons (Fsp3) is 0.176. The number of pyridine rings is 2. The molecule has 2 amide bonds. The van der Waals surface area contributed by atoms with E-state index in [1.807, 2.05) is 60.7 Å². The number of hydrogen-bond donors (Lipinski definition) is 3. The van der Waals surface area contributed by atoms with Gasteiger partial charge in [-0.05, 0) is 85.0 Å². The van der Waals surface area contributed by atoms with Gasteiger partial charge in [0, 0.05) is 47.4 Å². The van der Waals surface area contributed by atoms with Gasteiger partial charge in [0.25, 0.3) is 11.8 Å². The number of aromatic nitrogens is 2. The Bertz CT molecular complexity index is 1890. The number of rotatable bonds is 6. The molecule has 7 rings (SSSR count). The van der Waals surface area contributed by atoms with Crippen LogP contribution in [-0.4, -0.2) is 34.4 Å². The van der Waals surface area contributed by atoms with Crippen LogP contribution in [0.15, 0.2) is 79.0 Å². The fourth-order valence-electron chi connectivity index (χ4n) is 5.47. The van der Waals surface area contributed by atoms with Crippen LogP contribution < -0.4 is 16.0 Å². The molecule has 1 aliphatic heterocycles. The maximum atomic E-state index is 15.0. The largest absolute Gasteiger partial charge is 0.354 e. The van der Waals surface area contributed by atoms with E-state index in [9.17, 15) is 9.59 Å². The van der Waals surface area contributed by atoms with Gasteiger partial charge in [-0.3, -0.25) is 19.6 Å². The molecule has 0 spiro atoms. The fourth-order valence-corrected chi connectivity index (χ4v) is 5.47. The Morgan fingerprint density at radius 1 is 0.976 bits per heavy atom. The minimum atomic E-state index is -0.423. The molecule has 2 aliphatic rings. The molecule has 0 saturated heterocycles. The number of anilines is 2. The molecule has 0 unspecified atom stereocenters. The van der Waals surface area contributed by atoms with E-state index in [2.05, 4.69) is 20.9 Å². The normalized spacial score (nSPS) is 14.3. The number of nitrogens with one attached hydrogen (secondary N) is 3. The quantitative estimate of drug-likeness (QED) is 0.227. The SMILES string of the molecule is Cc1c(F)cc(C(=O)NC2CC2)cc1-c1cccc(-c2cc(Nc3cccc4ncccc34)c3c(n2)CCNC3=O)c1. The van der Waals surface area contributed by atoms with Crippen molar-refractivity contribution in [3.63, 3.8) is 0 Å². The van der Waals surface area contributed by atoms with E-state index in [1.54, 1.807) is 19.2 Å².